The number of carbonyl (C=O) groups excluding carboxylic acids is 2. The molecule has 1 atom stereocenters. The van der Waals surface area contributed by atoms with Gasteiger partial charge in [-0.2, -0.15) is 5.26 Å². The molecule has 0 aliphatic carbocycles. The first kappa shape index (κ1) is 25.8. The van der Waals surface area contributed by atoms with Gasteiger partial charge in [0, 0.05) is 21.4 Å². The lowest BCUT2D eigenvalue weighted by Gasteiger charge is -2.19. The number of para-hydroxylation sites is 1. The molecule has 1 saturated heterocycles. The van der Waals surface area contributed by atoms with E-state index in [2.05, 4.69) is 19.2 Å². The second kappa shape index (κ2) is 11.2. The summed E-state index contributed by atoms with van der Waals surface area (Å²) in [7, 11) is 0. The third kappa shape index (κ3) is 5.60. The van der Waals surface area contributed by atoms with Crippen LogP contribution in [0.3, 0.4) is 0 Å². The Morgan fingerprint density at radius 3 is 2.39 bits per heavy atom. The minimum absolute atomic E-state index is 0.130. The Balaban J connectivity index is 1.74. The molecule has 0 radical (unpaired) electrons. The quantitative estimate of drug-likeness (QED) is 0.268. The number of anilines is 2. The van der Waals surface area contributed by atoms with Crippen molar-refractivity contribution in [1.82, 2.24) is 0 Å². The number of halogens is 2. The fourth-order valence-corrected chi connectivity index (χ4v) is 5.61. The molecule has 4 rings (SSSR count). The number of hydrogen-bond donors (Lipinski definition) is 1. The Morgan fingerprint density at radius 2 is 1.78 bits per heavy atom. The molecule has 5 nitrogen and oxygen atoms in total. The summed E-state index contributed by atoms with van der Waals surface area (Å²) in [5, 5.41) is 13.4. The third-order valence-electron chi connectivity index (χ3n) is 5.78. The first-order valence-corrected chi connectivity index (χ1v) is 13.0. The summed E-state index contributed by atoms with van der Waals surface area (Å²) in [6.07, 6.45) is 0.322. The summed E-state index contributed by atoms with van der Waals surface area (Å²) in [5.41, 5.74) is 2.90. The minimum Gasteiger partial charge on any atom is -0.321 e. The molecule has 0 bridgehead atoms. The molecule has 1 fully saturated rings. The highest BCUT2D eigenvalue weighted by Gasteiger charge is 2.41. The number of thioether (sulfide) groups is 1. The number of nitriles is 1. The number of nitrogens with zero attached hydrogens (tertiary/aromatic N) is 2. The van der Waals surface area contributed by atoms with Gasteiger partial charge in [-0.15, -0.1) is 0 Å². The standard InChI is InChI=1S/C28H23Cl2N3O2S/c1-17(2)18-9-12-22(13-10-18)33-27(35)25(14-19-8-11-20(29)15-24(19)30)36-28(33)23(16-31)26(34)32-21-6-4-3-5-7-21/h3-13,15,17,25H,14H2,1-2H3,(H,32,34)/b28-23-. The molecule has 3 aromatic carbocycles. The van der Waals surface area contributed by atoms with Crippen molar-refractivity contribution >= 4 is 58.2 Å². The molecule has 1 heterocycles. The fraction of sp³-hybridized carbons (Fsp3) is 0.179. The third-order valence-corrected chi connectivity index (χ3v) is 7.63. The molecule has 182 valence electrons. The van der Waals surface area contributed by atoms with Crippen molar-refractivity contribution in [2.45, 2.75) is 31.4 Å². The van der Waals surface area contributed by atoms with Crippen LogP contribution in [0.5, 0.6) is 0 Å². The lowest BCUT2D eigenvalue weighted by atomic mass is 10.0. The molecule has 3 aromatic rings. The number of amides is 2. The van der Waals surface area contributed by atoms with Crippen LogP contribution in [0.1, 0.15) is 30.9 Å². The van der Waals surface area contributed by atoms with Gasteiger partial charge in [-0.3, -0.25) is 14.5 Å². The summed E-state index contributed by atoms with van der Waals surface area (Å²) < 4.78 is 0. The molecule has 0 spiro atoms. The van der Waals surface area contributed by atoms with Gasteiger partial charge < -0.3 is 5.32 Å². The smallest absolute Gasteiger partial charge is 0.269 e. The van der Waals surface area contributed by atoms with Crippen LogP contribution in [0, 0.1) is 11.3 Å². The lowest BCUT2D eigenvalue weighted by Crippen LogP contribution is -2.31. The van der Waals surface area contributed by atoms with Crippen LogP contribution in [0.2, 0.25) is 10.0 Å². The van der Waals surface area contributed by atoms with Gasteiger partial charge in [0.1, 0.15) is 16.7 Å². The van der Waals surface area contributed by atoms with Crippen molar-refractivity contribution in [3.05, 3.63) is 105 Å². The highest BCUT2D eigenvalue weighted by atomic mass is 35.5. The summed E-state index contributed by atoms with van der Waals surface area (Å²) in [6, 6.07) is 23.6. The van der Waals surface area contributed by atoms with Crippen molar-refractivity contribution in [1.29, 1.82) is 5.26 Å². The van der Waals surface area contributed by atoms with E-state index in [1.807, 2.05) is 36.4 Å². The first-order chi connectivity index (χ1) is 17.3. The van der Waals surface area contributed by atoms with Crippen LogP contribution < -0.4 is 10.2 Å². The maximum Gasteiger partial charge on any atom is 0.269 e. The first-order valence-electron chi connectivity index (χ1n) is 11.3. The zero-order valence-electron chi connectivity index (χ0n) is 19.7. The average Bonchev–Trinajstić information content (AvgIpc) is 3.17. The molecule has 8 heteroatoms. The summed E-state index contributed by atoms with van der Waals surface area (Å²) in [6.45, 7) is 4.18. The van der Waals surface area contributed by atoms with Crippen LogP contribution in [0.4, 0.5) is 11.4 Å². The second-order valence-electron chi connectivity index (χ2n) is 8.58. The Labute approximate surface area is 224 Å². The van der Waals surface area contributed by atoms with Gasteiger partial charge in [0.2, 0.25) is 5.91 Å². The topological polar surface area (TPSA) is 73.2 Å². The molecule has 36 heavy (non-hydrogen) atoms. The van der Waals surface area contributed by atoms with Crippen LogP contribution >= 0.6 is 35.0 Å². The summed E-state index contributed by atoms with van der Waals surface area (Å²) in [4.78, 5) is 28.3. The van der Waals surface area contributed by atoms with Crippen molar-refractivity contribution in [2.24, 2.45) is 0 Å². The zero-order valence-corrected chi connectivity index (χ0v) is 22.0. The largest absolute Gasteiger partial charge is 0.321 e. The van der Waals surface area contributed by atoms with Gasteiger partial charge >= 0.3 is 0 Å². The van der Waals surface area contributed by atoms with E-state index in [9.17, 15) is 14.9 Å². The normalized spacial score (nSPS) is 16.7. The molecule has 1 N–H and O–H groups in total. The Hall–Kier alpha value is -3.24. The zero-order chi connectivity index (χ0) is 25.8. The molecule has 2 amide bonds. The molecule has 0 aromatic heterocycles. The summed E-state index contributed by atoms with van der Waals surface area (Å²) >= 11 is 13.6. The molecule has 0 saturated carbocycles. The predicted molar refractivity (Wildman–Crippen MR) is 147 cm³/mol. The SMILES string of the molecule is CC(C)c1ccc(N2C(=O)C(Cc3ccc(Cl)cc3Cl)S/C2=C(/C#N)C(=O)Nc2ccccc2)cc1. The van der Waals surface area contributed by atoms with Gasteiger partial charge in [0.05, 0.1) is 5.25 Å². The van der Waals surface area contributed by atoms with E-state index in [1.165, 1.54) is 16.7 Å². The molecule has 1 unspecified atom stereocenters. The summed E-state index contributed by atoms with van der Waals surface area (Å²) in [5.74, 6) is -0.476. The average molecular weight is 536 g/mol. The van der Waals surface area contributed by atoms with E-state index in [0.29, 0.717) is 38.8 Å². The van der Waals surface area contributed by atoms with Crippen LogP contribution in [-0.4, -0.2) is 17.1 Å². The van der Waals surface area contributed by atoms with Gasteiger partial charge in [0.15, 0.2) is 0 Å². The second-order valence-corrected chi connectivity index (χ2v) is 10.6. The van der Waals surface area contributed by atoms with Gasteiger partial charge in [0.25, 0.3) is 5.91 Å². The van der Waals surface area contributed by atoms with Gasteiger partial charge in [-0.05, 0) is 59.9 Å². The number of carbonyl (C=O) groups is 2. The minimum atomic E-state index is -0.576. The fourth-order valence-electron chi connectivity index (χ4n) is 3.83. The monoisotopic (exact) mass is 535 g/mol. The van der Waals surface area contributed by atoms with Crippen LogP contribution in [-0.2, 0) is 16.0 Å². The van der Waals surface area contributed by atoms with E-state index >= 15 is 0 Å². The molecule has 1 aliphatic heterocycles. The van der Waals surface area contributed by atoms with Gasteiger partial charge in [-0.1, -0.05) is 85.2 Å². The maximum absolute atomic E-state index is 13.7. The Morgan fingerprint density at radius 1 is 1.08 bits per heavy atom. The molecule has 1 aliphatic rings. The lowest BCUT2D eigenvalue weighted by molar-refractivity contribution is -0.117. The number of nitrogens with one attached hydrogen (secondary N) is 1. The van der Waals surface area contributed by atoms with E-state index in [-0.39, 0.29) is 11.5 Å². The number of benzene rings is 3. The molecular weight excluding hydrogens is 513 g/mol. The van der Waals surface area contributed by atoms with E-state index in [1.54, 1.807) is 42.5 Å². The van der Waals surface area contributed by atoms with E-state index < -0.39 is 11.2 Å². The van der Waals surface area contributed by atoms with E-state index in [4.69, 9.17) is 23.2 Å². The van der Waals surface area contributed by atoms with Crippen molar-refractivity contribution in [2.75, 3.05) is 10.2 Å². The van der Waals surface area contributed by atoms with Crippen molar-refractivity contribution in [3.63, 3.8) is 0 Å². The van der Waals surface area contributed by atoms with Crippen LogP contribution in [0.25, 0.3) is 0 Å². The van der Waals surface area contributed by atoms with Crippen LogP contribution in [0.15, 0.2) is 83.4 Å². The highest BCUT2D eigenvalue weighted by Crippen LogP contribution is 2.43. The number of rotatable bonds is 6. The van der Waals surface area contributed by atoms with E-state index in [0.717, 1.165) is 11.1 Å². The highest BCUT2D eigenvalue weighted by molar-refractivity contribution is 8.05. The van der Waals surface area contributed by atoms with Crippen molar-refractivity contribution < 1.29 is 9.59 Å². The van der Waals surface area contributed by atoms with Crippen molar-refractivity contribution in [3.8, 4) is 6.07 Å². The molecular formula is C28H23Cl2N3O2S. The van der Waals surface area contributed by atoms with Gasteiger partial charge in [-0.25, -0.2) is 0 Å². The maximum atomic E-state index is 13.7. The Kier molecular flexibility index (Phi) is 8.05. The number of hydrogen-bond acceptors (Lipinski definition) is 4. The predicted octanol–water partition coefficient (Wildman–Crippen LogP) is 7.18. The Bertz CT molecular complexity index is 1370.